The quantitative estimate of drug-likeness (QED) is 0.893. The van der Waals surface area contributed by atoms with E-state index in [0.29, 0.717) is 13.1 Å². The van der Waals surface area contributed by atoms with Crippen LogP contribution in [0.1, 0.15) is 30.9 Å². The van der Waals surface area contributed by atoms with Crippen molar-refractivity contribution in [2.24, 2.45) is 0 Å². The maximum atomic E-state index is 13.1. The van der Waals surface area contributed by atoms with Crippen molar-refractivity contribution in [3.8, 4) is 0 Å². The van der Waals surface area contributed by atoms with Crippen molar-refractivity contribution in [3.05, 3.63) is 35.9 Å². The second-order valence-corrected chi connectivity index (χ2v) is 5.24. The van der Waals surface area contributed by atoms with E-state index in [9.17, 15) is 13.2 Å². The van der Waals surface area contributed by atoms with Crippen molar-refractivity contribution in [2.45, 2.75) is 31.5 Å². The summed E-state index contributed by atoms with van der Waals surface area (Å²) >= 11 is 0. The lowest BCUT2D eigenvalue weighted by Gasteiger charge is -2.28. The molecule has 112 valence electrons. The second kappa shape index (κ2) is 7.09. The van der Waals surface area contributed by atoms with Crippen LogP contribution in [0.5, 0.6) is 0 Å². The number of piperidine rings is 1. The molecule has 0 aromatic heterocycles. The topological polar surface area (TPSA) is 15.3 Å². The van der Waals surface area contributed by atoms with E-state index in [4.69, 9.17) is 0 Å². The number of benzene rings is 1. The van der Waals surface area contributed by atoms with Crippen LogP contribution in [0.15, 0.2) is 30.3 Å². The molecule has 5 heteroatoms. The van der Waals surface area contributed by atoms with Gasteiger partial charge in [-0.05, 0) is 31.5 Å². The summed E-state index contributed by atoms with van der Waals surface area (Å²) in [4.78, 5) is 2.23. The van der Waals surface area contributed by atoms with Crippen molar-refractivity contribution >= 4 is 0 Å². The molecule has 1 atom stereocenters. The van der Waals surface area contributed by atoms with Crippen LogP contribution in [0, 0.1) is 0 Å². The maximum absolute atomic E-state index is 13.1. The Balaban J connectivity index is 1.88. The minimum atomic E-state index is -4.26. The molecular formula is C15H21F3N2. The van der Waals surface area contributed by atoms with Crippen LogP contribution in [0.4, 0.5) is 13.2 Å². The molecule has 1 aliphatic rings. The number of hydrogen-bond donors (Lipinski definition) is 1. The Labute approximate surface area is 118 Å². The van der Waals surface area contributed by atoms with E-state index < -0.39 is 12.2 Å². The van der Waals surface area contributed by atoms with Gasteiger partial charge in [-0.1, -0.05) is 36.8 Å². The molecule has 1 fully saturated rings. The van der Waals surface area contributed by atoms with Gasteiger partial charge in [0, 0.05) is 13.1 Å². The van der Waals surface area contributed by atoms with Gasteiger partial charge in [-0.25, -0.2) is 0 Å². The largest absolute Gasteiger partial charge is 0.407 e. The molecule has 0 saturated carbocycles. The fourth-order valence-corrected chi connectivity index (χ4v) is 2.62. The normalized spacial score (nSPS) is 18.9. The summed E-state index contributed by atoms with van der Waals surface area (Å²) in [6.07, 6.45) is -0.717. The lowest BCUT2D eigenvalue weighted by molar-refractivity contribution is -0.157. The molecule has 20 heavy (non-hydrogen) atoms. The van der Waals surface area contributed by atoms with Gasteiger partial charge in [0.2, 0.25) is 0 Å². The first kappa shape index (κ1) is 15.3. The number of hydrogen-bond acceptors (Lipinski definition) is 2. The zero-order valence-electron chi connectivity index (χ0n) is 11.5. The lowest BCUT2D eigenvalue weighted by atomic mass is 10.1. The van der Waals surface area contributed by atoms with Crippen LogP contribution in [0.2, 0.25) is 0 Å². The van der Waals surface area contributed by atoms with Gasteiger partial charge in [0.1, 0.15) is 6.04 Å². The Morgan fingerprint density at radius 2 is 1.70 bits per heavy atom. The molecule has 1 unspecified atom stereocenters. The van der Waals surface area contributed by atoms with Gasteiger partial charge >= 0.3 is 6.18 Å². The zero-order valence-corrected chi connectivity index (χ0v) is 11.5. The van der Waals surface area contributed by atoms with Gasteiger partial charge in [-0.2, -0.15) is 13.2 Å². The van der Waals surface area contributed by atoms with Crippen LogP contribution >= 0.6 is 0 Å². The smallest absolute Gasteiger partial charge is 0.302 e. The van der Waals surface area contributed by atoms with E-state index >= 15 is 0 Å². The summed E-state index contributed by atoms with van der Waals surface area (Å²) in [7, 11) is 0. The molecule has 0 bridgehead atoms. The molecule has 1 N–H and O–H groups in total. The summed E-state index contributed by atoms with van der Waals surface area (Å²) < 4.78 is 39.3. The molecule has 0 aliphatic carbocycles. The fraction of sp³-hybridized carbons (Fsp3) is 0.600. The van der Waals surface area contributed by atoms with Gasteiger partial charge < -0.3 is 10.2 Å². The van der Waals surface area contributed by atoms with Gasteiger partial charge in [0.15, 0.2) is 0 Å². The number of nitrogens with zero attached hydrogens (tertiary/aromatic N) is 1. The predicted octanol–water partition coefficient (Wildman–Crippen LogP) is 3.37. The Kier molecular flexibility index (Phi) is 5.43. The van der Waals surface area contributed by atoms with Crippen LogP contribution in [0.25, 0.3) is 0 Å². The van der Waals surface area contributed by atoms with Crippen molar-refractivity contribution in [1.29, 1.82) is 0 Å². The van der Waals surface area contributed by atoms with E-state index in [-0.39, 0.29) is 5.56 Å². The Morgan fingerprint density at radius 3 is 2.30 bits per heavy atom. The number of likely N-dealkylation sites (tertiary alicyclic amines) is 1. The van der Waals surface area contributed by atoms with Crippen molar-refractivity contribution < 1.29 is 13.2 Å². The molecule has 2 rings (SSSR count). The standard InChI is InChI=1S/C15H21F3N2/c16-15(17,18)14(13-7-3-1-4-8-13)19-9-12-20-10-5-2-6-11-20/h1,3-4,7-8,14,19H,2,5-6,9-12H2. The van der Waals surface area contributed by atoms with Gasteiger partial charge in [0.05, 0.1) is 0 Å². The van der Waals surface area contributed by atoms with Crippen molar-refractivity contribution in [1.82, 2.24) is 10.2 Å². The summed E-state index contributed by atoms with van der Waals surface area (Å²) in [5.41, 5.74) is 0.277. The van der Waals surface area contributed by atoms with Crippen LogP contribution in [-0.2, 0) is 0 Å². The summed E-state index contributed by atoms with van der Waals surface area (Å²) in [6, 6.07) is 6.47. The van der Waals surface area contributed by atoms with E-state index in [0.717, 1.165) is 25.9 Å². The third-order valence-electron chi connectivity index (χ3n) is 3.69. The van der Waals surface area contributed by atoms with Crippen molar-refractivity contribution in [2.75, 3.05) is 26.2 Å². The predicted molar refractivity (Wildman–Crippen MR) is 73.5 cm³/mol. The Hall–Kier alpha value is -1.07. The maximum Gasteiger partial charge on any atom is 0.407 e. The monoisotopic (exact) mass is 286 g/mol. The van der Waals surface area contributed by atoms with Crippen LogP contribution < -0.4 is 5.32 Å². The van der Waals surface area contributed by atoms with Crippen LogP contribution in [0.3, 0.4) is 0 Å². The third kappa shape index (κ3) is 4.49. The molecule has 1 aromatic rings. The van der Waals surface area contributed by atoms with Gasteiger partial charge in [-0.15, -0.1) is 0 Å². The number of rotatable bonds is 5. The van der Waals surface area contributed by atoms with E-state index in [1.165, 1.54) is 18.6 Å². The highest BCUT2D eigenvalue weighted by molar-refractivity contribution is 5.20. The first-order chi connectivity index (χ1) is 9.57. The van der Waals surface area contributed by atoms with Crippen LogP contribution in [-0.4, -0.2) is 37.3 Å². The molecule has 1 aliphatic heterocycles. The molecule has 0 spiro atoms. The number of alkyl halides is 3. The molecule has 0 radical (unpaired) electrons. The number of halogens is 3. The van der Waals surface area contributed by atoms with Gasteiger partial charge in [-0.3, -0.25) is 0 Å². The Bertz CT molecular complexity index is 386. The highest BCUT2D eigenvalue weighted by Crippen LogP contribution is 2.32. The minimum Gasteiger partial charge on any atom is -0.302 e. The lowest BCUT2D eigenvalue weighted by Crippen LogP contribution is -2.40. The van der Waals surface area contributed by atoms with E-state index in [1.807, 2.05) is 0 Å². The summed E-state index contributed by atoms with van der Waals surface area (Å²) in [5.74, 6) is 0. The first-order valence-electron chi connectivity index (χ1n) is 7.15. The highest BCUT2D eigenvalue weighted by Gasteiger charge is 2.40. The zero-order chi connectivity index (χ0) is 14.4. The molecule has 2 nitrogen and oxygen atoms in total. The van der Waals surface area contributed by atoms with Crippen molar-refractivity contribution in [3.63, 3.8) is 0 Å². The van der Waals surface area contributed by atoms with E-state index in [2.05, 4.69) is 10.2 Å². The number of nitrogens with one attached hydrogen (secondary N) is 1. The molecule has 1 heterocycles. The summed E-state index contributed by atoms with van der Waals surface area (Å²) in [5, 5.41) is 2.66. The minimum absolute atomic E-state index is 0.277. The molecule has 0 amide bonds. The first-order valence-corrected chi connectivity index (χ1v) is 7.15. The Morgan fingerprint density at radius 1 is 1.05 bits per heavy atom. The summed E-state index contributed by atoms with van der Waals surface area (Å²) in [6.45, 7) is 3.05. The molecule has 1 saturated heterocycles. The molecular weight excluding hydrogens is 265 g/mol. The second-order valence-electron chi connectivity index (χ2n) is 5.24. The average Bonchev–Trinajstić information content (AvgIpc) is 2.44. The molecule has 1 aromatic carbocycles. The third-order valence-corrected chi connectivity index (χ3v) is 3.69. The average molecular weight is 286 g/mol. The van der Waals surface area contributed by atoms with E-state index in [1.54, 1.807) is 18.2 Å². The van der Waals surface area contributed by atoms with Gasteiger partial charge in [0.25, 0.3) is 0 Å². The highest BCUT2D eigenvalue weighted by atomic mass is 19.4. The fourth-order valence-electron chi connectivity index (χ4n) is 2.62. The SMILES string of the molecule is FC(F)(F)C(NCCN1CCCCC1)c1ccccc1.